The van der Waals surface area contributed by atoms with Gasteiger partial charge in [-0.25, -0.2) is 9.78 Å². The van der Waals surface area contributed by atoms with Gasteiger partial charge in [-0.15, -0.1) is 0 Å². The molecule has 1 fully saturated rings. The molecule has 3 N–H and O–H groups in total. The minimum Gasteiger partial charge on any atom is -0.492 e. The van der Waals surface area contributed by atoms with Crippen LogP contribution in [0.5, 0.6) is 11.5 Å². The number of carboxylic acid groups (broad SMARTS) is 1. The van der Waals surface area contributed by atoms with Crippen LogP contribution >= 0.6 is 0 Å². The zero-order valence-electron chi connectivity index (χ0n) is 18.7. The van der Waals surface area contributed by atoms with Gasteiger partial charge in [0.25, 0.3) is 5.56 Å². The topological polar surface area (TPSA) is 127 Å². The van der Waals surface area contributed by atoms with Crippen LogP contribution in [0.2, 0.25) is 0 Å². The Bertz CT molecular complexity index is 1040. The van der Waals surface area contributed by atoms with Crippen LogP contribution in [0.1, 0.15) is 50.5 Å². The Balaban J connectivity index is 1.64. The zero-order valence-corrected chi connectivity index (χ0v) is 18.7. The molecule has 1 aromatic heterocycles. The summed E-state index contributed by atoms with van der Waals surface area (Å²) in [7, 11) is 1.65. The molecule has 0 unspecified atom stereocenters. The van der Waals surface area contributed by atoms with Gasteiger partial charge in [-0.3, -0.25) is 9.36 Å². The molecular weight excluding hydrogens is 412 g/mol. The number of carbonyl (C=O) groups is 1. The van der Waals surface area contributed by atoms with Gasteiger partial charge < -0.3 is 25.3 Å². The minimum absolute atomic E-state index is 0.234. The smallest absolute Gasteiger partial charge is 0.348 e. The average Bonchev–Trinajstić information content (AvgIpc) is 2.73. The van der Waals surface area contributed by atoms with Crippen molar-refractivity contribution in [2.45, 2.75) is 58.1 Å². The lowest BCUT2D eigenvalue weighted by Gasteiger charge is -2.37. The van der Waals surface area contributed by atoms with Gasteiger partial charge in [-0.1, -0.05) is 13.3 Å². The van der Waals surface area contributed by atoms with Crippen LogP contribution in [0.3, 0.4) is 0 Å². The highest BCUT2D eigenvalue weighted by atomic mass is 16.5. The molecule has 9 nitrogen and oxygen atoms in total. The molecule has 1 saturated carbocycles. The quantitative estimate of drug-likeness (QED) is 0.456. The molecule has 1 heterocycles. The fourth-order valence-corrected chi connectivity index (χ4v) is 3.68. The van der Waals surface area contributed by atoms with E-state index in [1.165, 1.54) is 4.57 Å². The van der Waals surface area contributed by atoms with Crippen molar-refractivity contribution >= 4 is 17.4 Å². The van der Waals surface area contributed by atoms with E-state index in [4.69, 9.17) is 14.9 Å². The number of ether oxygens (including phenoxy) is 2. The molecule has 1 aromatic carbocycles. The van der Waals surface area contributed by atoms with Crippen molar-refractivity contribution < 1.29 is 19.4 Å². The summed E-state index contributed by atoms with van der Waals surface area (Å²) in [6, 6.07) is 6.80. The van der Waals surface area contributed by atoms with Crippen molar-refractivity contribution in [3.8, 4) is 11.5 Å². The number of carboxylic acids is 1. The Morgan fingerprint density at radius 2 is 1.94 bits per heavy atom. The SMILES string of the molecule is CCCC(=N)c1nc(C)n(CCOc2ccc(OC3(C(=O)O)CCC3)cc2)c(=O)c1NC. The Hall–Kier alpha value is -3.36. The van der Waals surface area contributed by atoms with Crippen LogP contribution in [0, 0.1) is 12.3 Å². The van der Waals surface area contributed by atoms with Gasteiger partial charge in [0.2, 0.25) is 5.60 Å². The number of nitrogens with zero attached hydrogens (tertiary/aromatic N) is 2. The van der Waals surface area contributed by atoms with Crippen molar-refractivity contribution in [1.29, 1.82) is 5.41 Å². The molecule has 3 rings (SSSR count). The predicted molar refractivity (Wildman–Crippen MR) is 121 cm³/mol. The molecule has 1 aliphatic carbocycles. The average molecular weight is 443 g/mol. The number of aromatic nitrogens is 2. The number of benzene rings is 1. The summed E-state index contributed by atoms with van der Waals surface area (Å²) in [6.07, 6.45) is 3.22. The molecule has 0 amide bonds. The Labute approximate surface area is 186 Å². The molecule has 0 bridgehead atoms. The van der Waals surface area contributed by atoms with Gasteiger partial charge in [-0.05, 0) is 56.9 Å². The lowest BCUT2D eigenvalue weighted by molar-refractivity contribution is -0.163. The maximum Gasteiger partial charge on any atom is 0.348 e. The Kier molecular flexibility index (Phi) is 7.17. The van der Waals surface area contributed by atoms with E-state index in [1.54, 1.807) is 38.2 Å². The molecular formula is C23H30N4O5. The molecule has 0 saturated heterocycles. The lowest BCUT2D eigenvalue weighted by Crippen LogP contribution is -2.50. The van der Waals surface area contributed by atoms with E-state index < -0.39 is 11.6 Å². The first-order valence-corrected chi connectivity index (χ1v) is 10.8. The first-order valence-electron chi connectivity index (χ1n) is 10.8. The first kappa shape index (κ1) is 23.3. The molecule has 2 aromatic rings. The van der Waals surface area contributed by atoms with Gasteiger partial charge >= 0.3 is 5.97 Å². The summed E-state index contributed by atoms with van der Waals surface area (Å²) in [5.74, 6) is 0.663. The molecule has 0 atom stereocenters. The van der Waals surface area contributed by atoms with Crippen molar-refractivity contribution in [2.24, 2.45) is 0 Å². The van der Waals surface area contributed by atoms with Crippen molar-refractivity contribution in [2.75, 3.05) is 19.0 Å². The summed E-state index contributed by atoms with van der Waals surface area (Å²) >= 11 is 0. The molecule has 32 heavy (non-hydrogen) atoms. The van der Waals surface area contributed by atoms with E-state index in [0.717, 1.165) is 12.8 Å². The summed E-state index contributed by atoms with van der Waals surface area (Å²) < 4.78 is 13.0. The van der Waals surface area contributed by atoms with Crippen LogP contribution in [0.15, 0.2) is 29.1 Å². The van der Waals surface area contributed by atoms with E-state index in [2.05, 4.69) is 10.3 Å². The van der Waals surface area contributed by atoms with Crippen LogP contribution in [-0.4, -0.2) is 45.6 Å². The predicted octanol–water partition coefficient (Wildman–Crippen LogP) is 3.23. The fourth-order valence-electron chi connectivity index (χ4n) is 3.68. The third-order valence-electron chi connectivity index (χ3n) is 5.67. The molecule has 1 aliphatic rings. The third kappa shape index (κ3) is 4.76. The van der Waals surface area contributed by atoms with E-state index in [-0.39, 0.29) is 12.2 Å². The number of hydrogen-bond acceptors (Lipinski definition) is 7. The van der Waals surface area contributed by atoms with Crippen LogP contribution in [0.25, 0.3) is 0 Å². The van der Waals surface area contributed by atoms with Crippen LogP contribution < -0.4 is 20.3 Å². The highest BCUT2D eigenvalue weighted by Crippen LogP contribution is 2.37. The number of rotatable bonds is 11. The molecule has 9 heteroatoms. The zero-order chi connectivity index (χ0) is 23.3. The maximum atomic E-state index is 12.9. The van der Waals surface area contributed by atoms with Crippen molar-refractivity contribution in [3.63, 3.8) is 0 Å². The second-order valence-corrected chi connectivity index (χ2v) is 7.89. The summed E-state index contributed by atoms with van der Waals surface area (Å²) in [5.41, 5.74) is -0.287. The highest BCUT2D eigenvalue weighted by Gasteiger charge is 2.47. The molecule has 0 aliphatic heterocycles. The summed E-state index contributed by atoms with van der Waals surface area (Å²) in [4.78, 5) is 28.8. The first-order chi connectivity index (χ1) is 15.3. The highest BCUT2D eigenvalue weighted by molar-refractivity contribution is 6.00. The third-order valence-corrected chi connectivity index (χ3v) is 5.67. The maximum absolute atomic E-state index is 12.9. The van der Waals surface area contributed by atoms with Gasteiger partial charge in [-0.2, -0.15) is 0 Å². The molecule has 0 spiro atoms. The fraction of sp³-hybridized carbons (Fsp3) is 0.478. The monoisotopic (exact) mass is 442 g/mol. The standard InChI is InChI=1S/C23H30N4O5/c1-4-6-18(24)19-20(25-3)21(28)27(15(2)26-19)13-14-31-16-7-9-17(10-8-16)32-23(22(29)30)11-5-12-23/h7-10,24-25H,4-6,11-14H2,1-3H3,(H,29,30). The van der Waals surface area contributed by atoms with Gasteiger partial charge in [0.05, 0.1) is 12.3 Å². The van der Waals surface area contributed by atoms with Crippen LogP contribution in [-0.2, 0) is 11.3 Å². The molecule has 0 radical (unpaired) electrons. The number of anilines is 1. The van der Waals surface area contributed by atoms with E-state index in [0.29, 0.717) is 60.2 Å². The van der Waals surface area contributed by atoms with E-state index in [1.807, 2.05) is 6.92 Å². The number of nitrogens with one attached hydrogen (secondary N) is 2. The largest absolute Gasteiger partial charge is 0.492 e. The Morgan fingerprint density at radius 3 is 2.47 bits per heavy atom. The van der Waals surface area contributed by atoms with Gasteiger partial charge in [0.15, 0.2) is 0 Å². The van der Waals surface area contributed by atoms with E-state index in [9.17, 15) is 14.7 Å². The van der Waals surface area contributed by atoms with E-state index >= 15 is 0 Å². The number of aryl methyl sites for hydroxylation is 1. The van der Waals surface area contributed by atoms with Crippen molar-refractivity contribution in [1.82, 2.24) is 9.55 Å². The van der Waals surface area contributed by atoms with Gasteiger partial charge in [0.1, 0.15) is 35.3 Å². The van der Waals surface area contributed by atoms with Crippen molar-refractivity contribution in [3.05, 3.63) is 46.1 Å². The normalized spacial score (nSPS) is 14.3. The van der Waals surface area contributed by atoms with Crippen LogP contribution in [0.4, 0.5) is 5.69 Å². The summed E-state index contributed by atoms with van der Waals surface area (Å²) in [6.45, 7) is 4.27. The second-order valence-electron chi connectivity index (χ2n) is 7.89. The lowest BCUT2D eigenvalue weighted by atomic mass is 9.80. The summed E-state index contributed by atoms with van der Waals surface area (Å²) in [5, 5.41) is 20.5. The Morgan fingerprint density at radius 1 is 1.28 bits per heavy atom. The minimum atomic E-state index is -1.11. The second kappa shape index (κ2) is 9.84. The molecule has 172 valence electrons. The number of hydrogen-bond donors (Lipinski definition) is 3. The van der Waals surface area contributed by atoms with Gasteiger partial charge in [0, 0.05) is 7.05 Å². The number of aliphatic carboxylic acids is 1.